The Hall–Kier alpha value is -1.60. The Morgan fingerprint density at radius 2 is 2.10 bits per heavy atom. The first-order chi connectivity index (χ1) is 9.38. The van der Waals surface area contributed by atoms with E-state index in [9.17, 15) is 13.2 Å². The molecule has 0 aliphatic rings. The quantitative estimate of drug-likeness (QED) is 0.744. The summed E-state index contributed by atoms with van der Waals surface area (Å²) in [6, 6.07) is 6.14. The normalized spacial score (nSPS) is 12.8. The van der Waals surface area contributed by atoms with Gasteiger partial charge in [-0.1, -0.05) is 12.1 Å². The van der Waals surface area contributed by atoms with E-state index in [4.69, 9.17) is 10.5 Å². The number of benzene rings is 1. The molecule has 112 valence electrons. The van der Waals surface area contributed by atoms with E-state index >= 15 is 0 Å². The molecular weight excluding hydrogens is 282 g/mol. The molecule has 20 heavy (non-hydrogen) atoms. The van der Waals surface area contributed by atoms with Gasteiger partial charge in [0.05, 0.1) is 19.5 Å². The zero-order valence-corrected chi connectivity index (χ0v) is 12.4. The third-order valence-electron chi connectivity index (χ3n) is 2.60. The van der Waals surface area contributed by atoms with Crippen LogP contribution in [0.2, 0.25) is 0 Å². The van der Waals surface area contributed by atoms with Crippen LogP contribution in [0.25, 0.3) is 0 Å². The molecule has 1 aromatic rings. The molecule has 1 rings (SSSR count). The number of methoxy groups -OCH3 is 1. The predicted molar refractivity (Wildman–Crippen MR) is 75.2 cm³/mol. The van der Waals surface area contributed by atoms with E-state index in [-0.39, 0.29) is 12.4 Å². The fourth-order valence-corrected chi connectivity index (χ4v) is 2.98. The highest BCUT2D eigenvalue weighted by atomic mass is 32.2. The average Bonchev–Trinajstić information content (AvgIpc) is 2.37. The molecule has 0 fully saturated rings. The molecule has 0 heterocycles. The third-order valence-corrected chi connectivity index (χ3v) is 4.14. The van der Waals surface area contributed by atoms with Gasteiger partial charge in [-0.3, -0.25) is 4.79 Å². The van der Waals surface area contributed by atoms with Crippen molar-refractivity contribution in [3.05, 3.63) is 29.8 Å². The van der Waals surface area contributed by atoms with Crippen LogP contribution in [0.4, 0.5) is 0 Å². The second-order valence-corrected chi connectivity index (χ2v) is 6.35. The van der Waals surface area contributed by atoms with Crippen LogP contribution in [0.3, 0.4) is 0 Å². The number of hydrogen-bond acceptors (Lipinski definition) is 6. The van der Waals surface area contributed by atoms with Crippen LogP contribution in [-0.2, 0) is 19.4 Å². The summed E-state index contributed by atoms with van der Waals surface area (Å²) >= 11 is 0. The standard InChI is InChI=1S/C13H19NO5S/c1-3-19-13(15)9-20(16,17)8-12(14)10-5-4-6-11(7-10)18-2/h4-7,12H,3,8-9,14H2,1-2H3. The minimum Gasteiger partial charge on any atom is -0.497 e. The van der Waals surface area contributed by atoms with Crippen LogP contribution < -0.4 is 10.5 Å². The number of carbonyl (C=O) groups is 1. The SMILES string of the molecule is CCOC(=O)CS(=O)(=O)CC(N)c1cccc(OC)c1. The van der Waals surface area contributed by atoms with Crippen molar-refractivity contribution in [3.8, 4) is 5.75 Å². The Labute approximate surface area is 118 Å². The Morgan fingerprint density at radius 3 is 2.70 bits per heavy atom. The monoisotopic (exact) mass is 301 g/mol. The number of ether oxygens (including phenoxy) is 2. The maximum atomic E-state index is 11.8. The third kappa shape index (κ3) is 5.18. The van der Waals surface area contributed by atoms with Crippen molar-refractivity contribution in [2.75, 3.05) is 25.2 Å². The number of carbonyl (C=O) groups excluding carboxylic acids is 1. The molecule has 0 aliphatic carbocycles. The summed E-state index contributed by atoms with van der Waals surface area (Å²) in [6.07, 6.45) is 0. The molecular formula is C13H19NO5S. The summed E-state index contributed by atoms with van der Waals surface area (Å²) in [5.74, 6) is -1.14. The van der Waals surface area contributed by atoms with Gasteiger partial charge in [-0.05, 0) is 24.6 Å². The summed E-state index contributed by atoms with van der Waals surface area (Å²) in [6.45, 7) is 1.77. The summed E-state index contributed by atoms with van der Waals surface area (Å²) in [4.78, 5) is 11.2. The van der Waals surface area contributed by atoms with E-state index in [1.54, 1.807) is 31.2 Å². The van der Waals surface area contributed by atoms with E-state index in [2.05, 4.69) is 4.74 Å². The maximum absolute atomic E-state index is 11.8. The zero-order chi connectivity index (χ0) is 15.2. The molecule has 1 atom stereocenters. The Balaban J connectivity index is 2.73. The van der Waals surface area contributed by atoms with E-state index in [1.807, 2.05) is 0 Å². The average molecular weight is 301 g/mol. The molecule has 0 radical (unpaired) electrons. The molecule has 0 spiro atoms. The predicted octanol–water partition coefficient (Wildman–Crippen LogP) is 0.673. The fraction of sp³-hybridized carbons (Fsp3) is 0.462. The topological polar surface area (TPSA) is 95.7 Å². The van der Waals surface area contributed by atoms with Crippen molar-refractivity contribution in [1.29, 1.82) is 0 Å². The van der Waals surface area contributed by atoms with E-state index in [0.29, 0.717) is 11.3 Å². The Morgan fingerprint density at radius 1 is 1.40 bits per heavy atom. The molecule has 0 saturated heterocycles. The first-order valence-corrected chi connectivity index (χ1v) is 7.95. The lowest BCUT2D eigenvalue weighted by molar-refractivity contribution is -0.139. The van der Waals surface area contributed by atoms with Gasteiger partial charge in [-0.25, -0.2) is 8.42 Å². The minimum absolute atomic E-state index is 0.149. The second-order valence-electron chi connectivity index (χ2n) is 4.24. The largest absolute Gasteiger partial charge is 0.497 e. The number of hydrogen-bond donors (Lipinski definition) is 1. The van der Waals surface area contributed by atoms with Gasteiger partial charge in [-0.2, -0.15) is 0 Å². The molecule has 0 bridgehead atoms. The van der Waals surface area contributed by atoms with Crippen molar-refractivity contribution in [1.82, 2.24) is 0 Å². The second kappa shape index (κ2) is 7.25. The summed E-state index contributed by atoms with van der Waals surface area (Å²) < 4.78 is 33.4. The molecule has 7 heteroatoms. The van der Waals surface area contributed by atoms with Crippen LogP contribution >= 0.6 is 0 Å². The van der Waals surface area contributed by atoms with E-state index in [0.717, 1.165) is 0 Å². The summed E-state index contributed by atoms with van der Waals surface area (Å²) in [7, 11) is -2.09. The van der Waals surface area contributed by atoms with Crippen molar-refractivity contribution >= 4 is 15.8 Å². The summed E-state index contributed by atoms with van der Waals surface area (Å²) in [5, 5.41) is 0. The maximum Gasteiger partial charge on any atom is 0.321 e. The molecule has 0 aromatic heterocycles. The highest BCUT2D eigenvalue weighted by Crippen LogP contribution is 2.19. The number of esters is 1. The van der Waals surface area contributed by atoms with E-state index < -0.39 is 27.6 Å². The smallest absolute Gasteiger partial charge is 0.321 e. The number of sulfone groups is 1. The molecule has 0 saturated carbocycles. The molecule has 0 amide bonds. The first-order valence-electron chi connectivity index (χ1n) is 6.13. The molecule has 1 aromatic carbocycles. The molecule has 1 unspecified atom stereocenters. The van der Waals surface area contributed by atoms with Gasteiger partial charge in [0.15, 0.2) is 9.84 Å². The van der Waals surface area contributed by atoms with Crippen LogP contribution in [0.1, 0.15) is 18.5 Å². The molecule has 6 nitrogen and oxygen atoms in total. The van der Waals surface area contributed by atoms with Crippen molar-refractivity contribution in [3.63, 3.8) is 0 Å². The van der Waals surface area contributed by atoms with Gasteiger partial charge in [0.25, 0.3) is 0 Å². The summed E-state index contributed by atoms with van der Waals surface area (Å²) in [5.41, 5.74) is 6.50. The number of rotatable bonds is 7. The van der Waals surface area contributed by atoms with Gasteiger partial charge in [-0.15, -0.1) is 0 Å². The minimum atomic E-state index is -3.61. The lowest BCUT2D eigenvalue weighted by atomic mass is 10.1. The van der Waals surface area contributed by atoms with E-state index in [1.165, 1.54) is 7.11 Å². The van der Waals surface area contributed by atoms with Crippen LogP contribution in [0.5, 0.6) is 5.75 Å². The fourth-order valence-electron chi connectivity index (χ4n) is 1.68. The molecule has 2 N–H and O–H groups in total. The lowest BCUT2D eigenvalue weighted by Gasteiger charge is -2.13. The highest BCUT2D eigenvalue weighted by Gasteiger charge is 2.22. The van der Waals surface area contributed by atoms with Crippen molar-refractivity contribution in [2.24, 2.45) is 5.73 Å². The van der Waals surface area contributed by atoms with Gasteiger partial charge in [0.1, 0.15) is 11.5 Å². The van der Waals surface area contributed by atoms with Crippen molar-refractivity contribution in [2.45, 2.75) is 13.0 Å². The lowest BCUT2D eigenvalue weighted by Crippen LogP contribution is -2.27. The Bertz CT molecular complexity index is 556. The number of nitrogens with two attached hydrogens (primary N) is 1. The Kier molecular flexibility index (Phi) is 5.97. The van der Waals surface area contributed by atoms with Crippen molar-refractivity contribution < 1.29 is 22.7 Å². The first kappa shape index (κ1) is 16.5. The van der Waals surface area contributed by atoms with Gasteiger partial charge in [0, 0.05) is 6.04 Å². The van der Waals surface area contributed by atoms with Crippen LogP contribution in [0.15, 0.2) is 24.3 Å². The van der Waals surface area contributed by atoms with Gasteiger partial charge >= 0.3 is 5.97 Å². The van der Waals surface area contributed by atoms with Gasteiger partial charge in [0.2, 0.25) is 0 Å². The molecule has 0 aliphatic heterocycles. The zero-order valence-electron chi connectivity index (χ0n) is 11.5. The van der Waals surface area contributed by atoms with Gasteiger partial charge < -0.3 is 15.2 Å². The van der Waals surface area contributed by atoms with Crippen LogP contribution in [0, 0.1) is 0 Å². The highest BCUT2D eigenvalue weighted by molar-refractivity contribution is 7.92. The van der Waals surface area contributed by atoms with Crippen LogP contribution in [-0.4, -0.2) is 39.6 Å².